The summed E-state index contributed by atoms with van der Waals surface area (Å²) in [5.74, 6) is 0. The van der Waals surface area contributed by atoms with Gasteiger partial charge in [-0.25, -0.2) is 4.85 Å². The van der Waals surface area contributed by atoms with Gasteiger partial charge in [-0.05, 0) is 18.6 Å². The van der Waals surface area contributed by atoms with Crippen molar-refractivity contribution in [3.8, 4) is 0 Å². The number of aryl methyl sites for hydroxylation is 1. The minimum atomic E-state index is 0.654. The second-order valence-electron chi connectivity index (χ2n) is 3.82. The Morgan fingerprint density at radius 1 is 1.12 bits per heavy atom. The van der Waals surface area contributed by atoms with Crippen molar-refractivity contribution in [3.63, 3.8) is 0 Å². The van der Waals surface area contributed by atoms with Crippen LogP contribution in [0, 0.1) is 13.5 Å². The molecule has 0 unspecified atom stereocenters. The Balaban J connectivity index is 2.64. The molecule has 0 aliphatic carbocycles. The van der Waals surface area contributed by atoms with E-state index >= 15 is 0 Å². The lowest BCUT2D eigenvalue weighted by Gasteiger charge is -1.93. The van der Waals surface area contributed by atoms with Crippen molar-refractivity contribution in [2.24, 2.45) is 0 Å². The number of furan rings is 1. The fourth-order valence-electron chi connectivity index (χ4n) is 2.06. The summed E-state index contributed by atoms with van der Waals surface area (Å²) in [4.78, 5) is 3.54. The first-order valence-electron chi connectivity index (χ1n) is 5.09. The molecule has 0 aliphatic rings. The molecular weight excluding hydrogens is 198 g/mol. The van der Waals surface area contributed by atoms with Gasteiger partial charge in [-0.15, -0.1) is 0 Å². The van der Waals surface area contributed by atoms with Gasteiger partial charge in [0.2, 0.25) is 0 Å². The first kappa shape index (κ1) is 8.99. The van der Waals surface area contributed by atoms with Crippen LogP contribution in [0.5, 0.6) is 0 Å². The van der Waals surface area contributed by atoms with Crippen LogP contribution >= 0.6 is 0 Å². The largest absolute Gasteiger partial charge is 0.457 e. The highest BCUT2D eigenvalue weighted by Crippen LogP contribution is 2.36. The van der Waals surface area contributed by atoms with Crippen LogP contribution < -0.4 is 0 Å². The van der Waals surface area contributed by atoms with Gasteiger partial charge in [0.1, 0.15) is 11.2 Å². The Bertz CT molecular complexity index is 731. The fraction of sp³-hybridized carbons (Fsp3) is 0.0714. The minimum absolute atomic E-state index is 0.654. The van der Waals surface area contributed by atoms with E-state index in [1.54, 1.807) is 0 Å². The van der Waals surface area contributed by atoms with Crippen LogP contribution in [0.4, 0.5) is 5.69 Å². The van der Waals surface area contributed by atoms with Crippen LogP contribution in [-0.4, -0.2) is 0 Å². The zero-order valence-corrected chi connectivity index (χ0v) is 8.82. The van der Waals surface area contributed by atoms with Gasteiger partial charge in [-0.2, -0.15) is 0 Å². The normalized spacial score (nSPS) is 10.8. The van der Waals surface area contributed by atoms with Gasteiger partial charge in [-0.3, -0.25) is 0 Å². The number of rotatable bonds is 0. The van der Waals surface area contributed by atoms with Gasteiger partial charge in [0, 0.05) is 10.8 Å². The molecule has 76 valence electrons. The lowest BCUT2D eigenvalue weighted by atomic mass is 10.1. The van der Waals surface area contributed by atoms with Crippen LogP contribution in [-0.2, 0) is 0 Å². The molecule has 0 aliphatic heterocycles. The molecule has 0 radical (unpaired) electrons. The predicted octanol–water partition coefficient (Wildman–Crippen LogP) is 4.45. The Hall–Kier alpha value is -2.27. The highest BCUT2D eigenvalue weighted by atomic mass is 16.3. The van der Waals surface area contributed by atoms with Gasteiger partial charge in [0.05, 0.1) is 6.57 Å². The van der Waals surface area contributed by atoms with Crippen molar-refractivity contribution in [2.45, 2.75) is 6.92 Å². The van der Waals surface area contributed by atoms with Crippen molar-refractivity contribution in [2.75, 3.05) is 0 Å². The molecule has 2 aromatic carbocycles. The van der Waals surface area contributed by atoms with E-state index in [2.05, 4.69) is 4.85 Å². The molecule has 1 aromatic heterocycles. The summed E-state index contributed by atoms with van der Waals surface area (Å²) in [6.45, 7) is 9.19. The molecule has 3 aromatic rings. The molecule has 3 rings (SSSR count). The summed E-state index contributed by atoms with van der Waals surface area (Å²) in [5.41, 5.74) is 3.43. The summed E-state index contributed by atoms with van der Waals surface area (Å²) in [6.07, 6.45) is 0. The molecule has 0 bridgehead atoms. The molecule has 0 N–H and O–H groups in total. The van der Waals surface area contributed by atoms with Gasteiger partial charge >= 0.3 is 0 Å². The summed E-state index contributed by atoms with van der Waals surface area (Å²) < 4.78 is 5.78. The van der Waals surface area contributed by atoms with Crippen molar-refractivity contribution < 1.29 is 4.42 Å². The van der Waals surface area contributed by atoms with Crippen molar-refractivity contribution in [1.82, 2.24) is 0 Å². The molecule has 0 saturated heterocycles. The number of hydrogen-bond donors (Lipinski definition) is 0. The predicted molar refractivity (Wildman–Crippen MR) is 64.7 cm³/mol. The monoisotopic (exact) mass is 207 g/mol. The van der Waals surface area contributed by atoms with E-state index in [0.717, 1.165) is 27.5 Å². The molecule has 0 spiro atoms. The third-order valence-electron chi connectivity index (χ3n) is 2.82. The molecular formula is C14H9NO. The molecule has 0 saturated carbocycles. The molecule has 1 heterocycles. The molecule has 0 amide bonds. The number of para-hydroxylation sites is 1. The maximum Gasteiger partial charge on any atom is 0.198 e. The van der Waals surface area contributed by atoms with Crippen LogP contribution in [0.15, 0.2) is 40.8 Å². The van der Waals surface area contributed by atoms with E-state index in [9.17, 15) is 0 Å². The van der Waals surface area contributed by atoms with Crippen molar-refractivity contribution in [3.05, 3.63) is 53.4 Å². The van der Waals surface area contributed by atoms with E-state index < -0.39 is 0 Å². The van der Waals surface area contributed by atoms with Gasteiger partial charge in [0.15, 0.2) is 5.69 Å². The van der Waals surface area contributed by atoms with E-state index in [4.69, 9.17) is 11.0 Å². The molecule has 0 fully saturated rings. The Kier molecular flexibility index (Phi) is 1.75. The second kappa shape index (κ2) is 3.11. The topological polar surface area (TPSA) is 17.5 Å². The average Bonchev–Trinajstić information content (AvgIpc) is 2.69. The zero-order valence-electron chi connectivity index (χ0n) is 8.82. The Labute approximate surface area is 92.9 Å². The summed E-state index contributed by atoms with van der Waals surface area (Å²) in [7, 11) is 0. The number of fused-ring (bicyclic) bond motifs is 3. The van der Waals surface area contributed by atoms with Crippen molar-refractivity contribution >= 4 is 27.6 Å². The third kappa shape index (κ3) is 1.06. The van der Waals surface area contributed by atoms with Gasteiger partial charge < -0.3 is 4.42 Å². The highest BCUT2D eigenvalue weighted by molar-refractivity contribution is 6.12. The van der Waals surface area contributed by atoms with Crippen molar-refractivity contribution in [1.29, 1.82) is 0 Å². The quantitative estimate of drug-likeness (QED) is 0.498. The SMILES string of the molecule is [C-]#[N+]c1cccc2oc3c(C)cccc3c12. The molecule has 0 atom stereocenters. The van der Waals surface area contributed by atoms with Crippen LogP contribution in [0.3, 0.4) is 0 Å². The summed E-state index contributed by atoms with van der Waals surface area (Å²) in [5, 5.41) is 1.96. The van der Waals surface area contributed by atoms with E-state index in [1.807, 2.05) is 43.3 Å². The Morgan fingerprint density at radius 3 is 2.75 bits per heavy atom. The standard InChI is InChI=1S/C14H9NO/c1-9-5-3-6-10-13-11(15-2)7-4-8-12(13)16-14(9)10/h3-8H,1H3. The van der Waals surface area contributed by atoms with Crippen LogP contribution in [0.1, 0.15) is 5.56 Å². The second-order valence-corrected chi connectivity index (χ2v) is 3.82. The molecule has 16 heavy (non-hydrogen) atoms. The lowest BCUT2D eigenvalue weighted by Crippen LogP contribution is -1.71. The number of nitrogens with zero attached hydrogens (tertiary/aromatic N) is 1. The maximum absolute atomic E-state index is 7.18. The van der Waals surface area contributed by atoms with E-state index in [0.29, 0.717) is 5.69 Å². The average molecular weight is 207 g/mol. The maximum atomic E-state index is 7.18. The summed E-state index contributed by atoms with van der Waals surface area (Å²) in [6, 6.07) is 11.6. The first-order chi connectivity index (χ1) is 7.81. The number of hydrogen-bond acceptors (Lipinski definition) is 1. The van der Waals surface area contributed by atoms with Crippen LogP contribution in [0.2, 0.25) is 0 Å². The van der Waals surface area contributed by atoms with Gasteiger partial charge in [0.25, 0.3) is 0 Å². The zero-order chi connectivity index (χ0) is 11.1. The van der Waals surface area contributed by atoms with Gasteiger partial charge in [-0.1, -0.05) is 30.3 Å². The van der Waals surface area contributed by atoms with E-state index in [-0.39, 0.29) is 0 Å². The first-order valence-corrected chi connectivity index (χ1v) is 5.09. The smallest absolute Gasteiger partial charge is 0.198 e. The Morgan fingerprint density at radius 2 is 1.94 bits per heavy atom. The highest BCUT2D eigenvalue weighted by Gasteiger charge is 2.11. The van der Waals surface area contributed by atoms with E-state index in [1.165, 1.54) is 0 Å². The molecule has 2 heteroatoms. The fourth-order valence-corrected chi connectivity index (χ4v) is 2.06. The minimum Gasteiger partial charge on any atom is -0.457 e. The third-order valence-corrected chi connectivity index (χ3v) is 2.82. The number of benzene rings is 2. The summed E-state index contributed by atoms with van der Waals surface area (Å²) >= 11 is 0. The van der Waals surface area contributed by atoms with Crippen LogP contribution in [0.25, 0.3) is 26.8 Å². The molecule has 2 nitrogen and oxygen atoms in total. The lowest BCUT2D eigenvalue weighted by molar-refractivity contribution is 0.666.